The van der Waals surface area contributed by atoms with Crippen LogP contribution in [0.15, 0.2) is 66.9 Å². The van der Waals surface area contributed by atoms with Crippen LogP contribution in [-0.4, -0.2) is 70.4 Å². The van der Waals surface area contributed by atoms with Crippen LogP contribution in [0, 0.1) is 0 Å². The van der Waals surface area contributed by atoms with Gasteiger partial charge in [0, 0.05) is 40.8 Å². The van der Waals surface area contributed by atoms with E-state index in [1.54, 1.807) is 6.20 Å². The van der Waals surface area contributed by atoms with Crippen molar-refractivity contribution >= 4 is 44.9 Å². The van der Waals surface area contributed by atoms with E-state index in [4.69, 9.17) is 19.4 Å². The molecule has 39 heavy (non-hydrogen) atoms. The Morgan fingerprint density at radius 3 is 2.82 bits per heavy atom. The minimum absolute atomic E-state index is 0.0612. The number of nitrogens with zero attached hydrogens (tertiary/aromatic N) is 4. The lowest BCUT2D eigenvalue weighted by atomic mass is 10.1. The monoisotopic (exact) mass is 523 g/mol. The van der Waals surface area contributed by atoms with Crippen molar-refractivity contribution in [1.82, 2.24) is 25.1 Å². The van der Waals surface area contributed by atoms with E-state index in [0.717, 1.165) is 51.9 Å². The first-order chi connectivity index (χ1) is 19.1. The summed E-state index contributed by atoms with van der Waals surface area (Å²) in [4.78, 5) is 24.5. The van der Waals surface area contributed by atoms with Gasteiger partial charge in [-0.2, -0.15) is 5.10 Å². The number of hydrogen-bond acceptors (Lipinski definition) is 8. The van der Waals surface area contributed by atoms with Crippen LogP contribution in [-0.2, 0) is 9.53 Å². The molecule has 0 saturated carbocycles. The molecule has 3 heterocycles. The third kappa shape index (κ3) is 5.66. The van der Waals surface area contributed by atoms with Gasteiger partial charge in [0.25, 0.3) is 0 Å². The smallest absolute Gasteiger partial charge is 0.238 e. The second-order valence-corrected chi connectivity index (χ2v) is 9.32. The van der Waals surface area contributed by atoms with E-state index in [1.165, 1.54) is 0 Å². The fourth-order valence-corrected chi connectivity index (χ4v) is 4.64. The molecule has 5 aromatic rings. The van der Waals surface area contributed by atoms with Crippen molar-refractivity contribution in [3.8, 4) is 17.1 Å². The van der Waals surface area contributed by atoms with Gasteiger partial charge < -0.3 is 20.1 Å². The van der Waals surface area contributed by atoms with Gasteiger partial charge in [-0.1, -0.05) is 12.1 Å². The summed E-state index contributed by atoms with van der Waals surface area (Å²) in [6.45, 7) is 5.67. The number of ether oxygens (including phenoxy) is 2. The summed E-state index contributed by atoms with van der Waals surface area (Å²) in [5.74, 6) is 1.89. The summed E-state index contributed by atoms with van der Waals surface area (Å²) < 4.78 is 11.1. The third-order valence-electron chi connectivity index (χ3n) is 6.56. The molecule has 10 nitrogen and oxygen atoms in total. The highest BCUT2D eigenvalue weighted by molar-refractivity contribution is 5.95. The number of anilines is 3. The van der Waals surface area contributed by atoms with E-state index in [0.29, 0.717) is 43.7 Å². The topological polar surface area (TPSA) is 117 Å². The number of rotatable bonds is 8. The average Bonchev–Trinajstić information content (AvgIpc) is 3.42. The molecule has 0 aliphatic carbocycles. The van der Waals surface area contributed by atoms with Gasteiger partial charge >= 0.3 is 0 Å². The predicted octanol–water partition coefficient (Wildman–Crippen LogP) is 4.59. The molecule has 0 bridgehead atoms. The minimum Gasteiger partial charge on any atom is -0.494 e. The Hall–Kier alpha value is -4.54. The molecule has 1 amide bonds. The molecule has 1 aliphatic rings. The molecule has 0 atom stereocenters. The molecule has 0 spiro atoms. The molecule has 2 aromatic heterocycles. The number of hydrogen-bond donors (Lipinski definition) is 3. The van der Waals surface area contributed by atoms with Crippen LogP contribution in [0.4, 0.5) is 17.2 Å². The molecule has 10 heteroatoms. The lowest BCUT2D eigenvalue weighted by Gasteiger charge is -2.25. The Bertz CT molecular complexity index is 1630. The number of carbonyl (C=O) groups is 1. The molecule has 3 aromatic carbocycles. The average molecular weight is 524 g/mol. The number of H-pyrrole nitrogens is 1. The number of benzene rings is 3. The van der Waals surface area contributed by atoms with Gasteiger partial charge in [-0.15, -0.1) is 0 Å². The van der Waals surface area contributed by atoms with Crippen molar-refractivity contribution in [2.24, 2.45) is 0 Å². The van der Waals surface area contributed by atoms with Crippen molar-refractivity contribution in [3.05, 3.63) is 66.9 Å². The van der Waals surface area contributed by atoms with Crippen LogP contribution in [0.2, 0.25) is 0 Å². The Morgan fingerprint density at radius 2 is 1.95 bits per heavy atom. The van der Waals surface area contributed by atoms with Crippen LogP contribution >= 0.6 is 0 Å². The molecule has 6 rings (SSSR count). The first-order valence-corrected chi connectivity index (χ1v) is 13.0. The highest BCUT2D eigenvalue weighted by Crippen LogP contribution is 2.31. The van der Waals surface area contributed by atoms with Crippen LogP contribution < -0.4 is 15.4 Å². The van der Waals surface area contributed by atoms with Crippen molar-refractivity contribution in [1.29, 1.82) is 0 Å². The fraction of sp³-hybridized carbons (Fsp3) is 0.241. The highest BCUT2D eigenvalue weighted by atomic mass is 16.5. The molecular formula is C29H29N7O3. The summed E-state index contributed by atoms with van der Waals surface area (Å²) in [6.07, 6.45) is 1.79. The van der Waals surface area contributed by atoms with Crippen LogP contribution in [0.3, 0.4) is 0 Å². The summed E-state index contributed by atoms with van der Waals surface area (Å²) in [6, 6.07) is 19.4. The molecule has 198 valence electrons. The van der Waals surface area contributed by atoms with E-state index in [1.807, 2.05) is 67.6 Å². The highest BCUT2D eigenvalue weighted by Gasteiger charge is 2.16. The number of aromatic nitrogens is 4. The molecule has 0 radical (unpaired) electrons. The van der Waals surface area contributed by atoms with E-state index < -0.39 is 0 Å². The first-order valence-electron chi connectivity index (χ1n) is 13.0. The molecule has 1 fully saturated rings. The molecule has 3 N–H and O–H groups in total. The maximum absolute atomic E-state index is 12.7. The van der Waals surface area contributed by atoms with Gasteiger partial charge in [0.05, 0.1) is 43.6 Å². The standard InChI is InChI=1S/C29H29N7O3/c1-2-39-23-7-9-26-24(16-23)29(32-22-6-8-25-20(15-22)17-30-35-25)34-28(33-26)19-4-3-5-21(14-19)31-27(37)18-36-10-12-38-13-11-36/h3-9,14-17H,2,10-13,18H2,1H3,(H,30,35)(H,31,37)(H,32,33,34). The van der Waals surface area contributed by atoms with Crippen molar-refractivity contribution in [3.63, 3.8) is 0 Å². The van der Waals surface area contributed by atoms with E-state index in [2.05, 4.69) is 25.7 Å². The zero-order valence-electron chi connectivity index (χ0n) is 21.6. The summed E-state index contributed by atoms with van der Waals surface area (Å²) in [7, 11) is 0. The minimum atomic E-state index is -0.0612. The molecule has 1 saturated heterocycles. The van der Waals surface area contributed by atoms with E-state index in [9.17, 15) is 4.79 Å². The lowest BCUT2D eigenvalue weighted by Crippen LogP contribution is -2.41. The maximum Gasteiger partial charge on any atom is 0.238 e. The molecule has 1 aliphatic heterocycles. The predicted molar refractivity (Wildman–Crippen MR) is 151 cm³/mol. The Morgan fingerprint density at radius 1 is 1.05 bits per heavy atom. The van der Waals surface area contributed by atoms with E-state index in [-0.39, 0.29) is 5.91 Å². The summed E-state index contributed by atoms with van der Waals surface area (Å²) >= 11 is 0. The largest absolute Gasteiger partial charge is 0.494 e. The van der Waals surface area contributed by atoms with Gasteiger partial charge in [0.1, 0.15) is 11.6 Å². The third-order valence-corrected chi connectivity index (χ3v) is 6.56. The zero-order valence-corrected chi connectivity index (χ0v) is 21.6. The van der Waals surface area contributed by atoms with Gasteiger partial charge in [-0.25, -0.2) is 9.97 Å². The first kappa shape index (κ1) is 24.8. The van der Waals surface area contributed by atoms with Gasteiger partial charge in [-0.05, 0) is 55.5 Å². The van der Waals surface area contributed by atoms with Crippen molar-refractivity contribution in [2.45, 2.75) is 6.92 Å². The number of fused-ring (bicyclic) bond motifs is 2. The SMILES string of the molecule is CCOc1ccc2nc(-c3cccc(NC(=O)CN4CCOCC4)c3)nc(Nc3ccc4[nH]ncc4c3)c2c1. The van der Waals surface area contributed by atoms with Crippen LogP contribution in [0.25, 0.3) is 33.2 Å². The van der Waals surface area contributed by atoms with Crippen molar-refractivity contribution < 1.29 is 14.3 Å². The second-order valence-electron chi connectivity index (χ2n) is 9.32. The van der Waals surface area contributed by atoms with Crippen molar-refractivity contribution in [2.75, 3.05) is 50.1 Å². The summed E-state index contributed by atoms with van der Waals surface area (Å²) in [5.41, 5.74) is 4.10. The van der Waals surface area contributed by atoms with Crippen LogP contribution in [0.5, 0.6) is 5.75 Å². The fourth-order valence-electron chi connectivity index (χ4n) is 4.64. The van der Waals surface area contributed by atoms with Gasteiger partial charge in [0.15, 0.2) is 5.82 Å². The number of carbonyl (C=O) groups excluding carboxylic acids is 1. The van der Waals surface area contributed by atoms with E-state index >= 15 is 0 Å². The van der Waals surface area contributed by atoms with Gasteiger partial charge in [0.2, 0.25) is 5.91 Å². The number of morpholine rings is 1. The van der Waals surface area contributed by atoms with Gasteiger partial charge in [-0.3, -0.25) is 14.8 Å². The Kier molecular flexibility index (Phi) is 7.03. The quantitative estimate of drug-likeness (QED) is 0.270. The number of aromatic amines is 1. The molecular weight excluding hydrogens is 494 g/mol. The number of nitrogens with one attached hydrogen (secondary N) is 3. The summed E-state index contributed by atoms with van der Waals surface area (Å²) in [5, 5.41) is 15.4. The number of amides is 1. The zero-order chi connectivity index (χ0) is 26.6. The lowest BCUT2D eigenvalue weighted by molar-refractivity contribution is -0.118. The maximum atomic E-state index is 12.7. The second kappa shape index (κ2) is 11.1. The molecule has 0 unspecified atom stereocenters. The normalized spacial score (nSPS) is 14.0. The Balaban J connectivity index is 1.32. The Labute approximate surface area is 225 Å². The van der Waals surface area contributed by atoms with Crippen LogP contribution in [0.1, 0.15) is 6.92 Å².